The van der Waals surface area contributed by atoms with E-state index in [2.05, 4.69) is 4.72 Å². The molecule has 1 aliphatic heterocycles. The van der Waals surface area contributed by atoms with Crippen molar-refractivity contribution in [1.29, 1.82) is 5.41 Å². The van der Waals surface area contributed by atoms with Crippen LogP contribution in [0.1, 0.15) is 44.7 Å². The molecule has 2 heterocycles. The van der Waals surface area contributed by atoms with Crippen LogP contribution in [0, 0.1) is 5.41 Å². The summed E-state index contributed by atoms with van der Waals surface area (Å²) in [6.07, 6.45) is 1.71. The van der Waals surface area contributed by atoms with Crippen LogP contribution in [0.2, 0.25) is 0 Å². The molecule has 2 atom stereocenters. The van der Waals surface area contributed by atoms with Crippen LogP contribution < -0.4 is 4.72 Å². The lowest BCUT2D eigenvalue weighted by Gasteiger charge is -2.43. The fourth-order valence-corrected chi connectivity index (χ4v) is 9.40. The monoisotopic (exact) mass is 610 g/mol. The SMILES string of the molecule is CCc1cccc(NS(=O)c2ccc(S(=O)(=O)C(C)C)s2)c1C(=N)N1CCN(S(=O)C(F)(F)F)CC12CC2. The molecule has 1 aromatic heterocycles. The van der Waals surface area contributed by atoms with Gasteiger partial charge in [-0.25, -0.2) is 21.1 Å². The van der Waals surface area contributed by atoms with Gasteiger partial charge in [0.25, 0.3) is 0 Å². The van der Waals surface area contributed by atoms with Gasteiger partial charge in [0.15, 0.2) is 20.8 Å². The maximum absolute atomic E-state index is 13.2. The number of hydrogen-bond donors (Lipinski definition) is 2. The van der Waals surface area contributed by atoms with Gasteiger partial charge >= 0.3 is 5.51 Å². The van der Waals surface area contributed by atoms with Crippen molar-refractivity contribution >= 4 is 54.7 Å². The molecule has 0 amide bonds. The number of piperazine rings is 1. The molecular formula is C23H29F3N4O4S4. The Morgan fingerprint density at radius 2 is 1.87 bits per heavy atom. The third-order valence-corrected chi connectivity index (χ3v) is 13.1. The first-order valence-corrected chi connectivity index (χ1v) is 16.6. The average molecular weight is 611 g/mol. The zero-order valence-corrected chi connectivity index (χ0v) is 24.3. The summed E-state index contributed by atoms with van der Waals surface area (Å²) in [5, 5.41) is 8.46. The summed E-state index contributed by atoms with van der Waals surface area (Å²) in [4.78, 5) is 1.78. The molecule has 0 radical (unpaired) electrons. The van der Waals surface area contributed by atoms with Crippen LogP contribution in [0.3, 0.4) is 0 Å². The molecule has 2 aliphatic rings. The summed E-state index contributed by atoms with van der Waals surface area (Å²) in [6.45, 7) is 4.99. The molecule has 1 saturated carbocycles. The fraction of sp³-hybridized carbons (Fsp3) is 0.522. The maximum Gasteiger partial charge on any atom is 0.485 e. The molecule has 2 fully saturated rings. The summed E-state index contributed by atoms with van der Waals surface area (Å²) >= 11 is 0.921. The van der Waals surface area contributed by atoms with E-state index in [9.17, 15) is 30.0 Å². The third-order valence-electron chi connectivity index (χ3n) is 6.76. The summed E-state index contributed by atoms with van der Waals surface area (Å²) in [7, 11) is -8.44. The Morgan fingerprint density at radius 1 is 1.18 bits per heavy atom. The number of thiophene rings is 1. The molecular weight excluding hydrogens is 582 g/mol. The topological polar surface area (TPSA) is 111 Å². The van der Waals surface area contributed by atoms with Crippen molar-refractivity contribution in [2.75, 3.05) is 24.4 Å². The van der Waals surface area contributed by atoms with Gasteiger partial charge < -0.3 is 4.90 Å². The highest BCUT2D eigenvalue weighted by Gasteiger charge is 2.55. The highest BCUT2D eigenvalue weighted by atomic mass is 32.3. The number of benzene rings is 1. The highest BCUT2D eigenvalue weighted by Crippen LogP contribution is 2.46. The molecule has 2 aromatic rings. The first kappa shape index (κ1) is 29.2. The second-order valence-corrected chi connectivity index (χ2v) is 16.2. The number of nitrogens with one attached hydrogen (secondary N) is 2. The van der Waals surface area contributed by atoms with Crippen molar-refractivity contribution in [3.63, 3.8) is 0 Å². The van der Waals surface area contributed by atoms with Crippen LogP contribution in [0.25, 0.3) is 0 Å². The Balaban J connectivity index is 1.60. The molecule has 4 rings (SSSR count). The first-order valence-electron chi connectivity index (χ1n) is 12.0. The van der Waals surface area contributed by atoms with E-state index in [0.29, 0.717) is 34.7 Å². The van der Waals surface area contributed by atoms with Crippen molar-refractivity contribution in [1.82, 2.24) is 9.21 Å². The molecule has 1 spiro atoms. The molecule has 1 aromatic carbocycles. The molecule has 210 valence electrons. The maximum atomic E-state index is 13.2. The Hall–Kier alpha value is -1.81. The van der Waals surface area contributed by atoms with Crippen molar-refractivity contribution < 1.29 is 30.0 Å². The number of nitrogens with zero attached hydrogens (tertiary/aromatic N) is 2. The van der Waals surface area contributed by atoms with Gasteiger partial charge in [0.1, 0.15) is 14.3 Å². The van der Waals surface area contributed by atoms with Gasteiger partial charge in [-0.2, -0.15) is 13.2 Å². The number of halogens is 3. The van der Waals surface area contributed by atoms with Crippen molar-refractivity contribution in [2.45, 2.75) is 64.7 Å². The molecule has 0 bridgehead atoms. The molecule has 1 saturated heterocycles. The number of rotatable bonds is 8. The number of anilines is 1. The van der Waals surface area contributed by atoms with Crippen LogP contribution in [0.4, 0.5) is 18.9 Å². The Bertz CT molecular complexity index is 1390. The van der Waals surface area contributed by atoms with Gasteiger partial charge in [-0.05, 0) is 56.9 Å². The van der Waals surface area contributed by atoms with E-state index in [4.69, 9.17) is 5.41 Å². The minimum absolute atomic E-state index is 0.0627. The smallest absolute Gasteiger partial charge is 0.348 e. The summed E-state index contributed by atoms with van der Waals surface area (Å²) in [6, 6.07) is 8.20. The number of aryl methyl sites for hydroxylation is 1. The lowest BCUT2D eigenvalue weighted by atomic mass is 9.99. The summed E-state index contributed by atoms with van der Waals surface area (Å²) < 4.78 is 93.7. The second kappa shape index (κ2) is 10.6. The predicted molar refractivity (Wildman–Crippen MR) is 144 cm³/mol. The van der Waals surface area contributed by atoms with Gasteiger partial charge in [-0.1, -0.05) is 19.1 Å². The largest absolute Gasteiger partial charge is 0.485 e. The van der Waals surface area contributed by atoms with Crippen molar-refractivity contribution in [3.8, 4) is 0 Å². The fourth-order valence-electron chi connectivity index (χ4n) is 4.48. The minimum atomic E-state index is -4.84. The molecule has 1 aliphatic carbocycles. The van der Waals surface area contributed by atoms with Crippen LogP contribution in [0.5, 0.6) is 0 Å². The van der Waals surface area contributed by atoms with Gasteiger partial charge in [0.2, 0.25) is 11.0 Å². The van der Waals surface area contributed by atoms with E-state index in [0.717, 1.165) is 21.2 Å². The van der Waals surface area contributed by atoms with E-state index in [-0.39, 0.29) is 29.7 Å². The Kier molecular flexibility index (Phi) is 8.17. The first-order chi connectivity index (χ1) is 17.7. The second-order valence-electron chi connectivity index (χ2n) is 9.51. The highest BCUT2D eigenvalue weighted by molar-refractivity contribution is 7.95. The number of amidine groups is 1. The lowest BCUT2D eigenvalue weighted by molar-refractivity contribution is -0.0442. The van der Waals surface area contributed by atoms with Gasteiger partial charge in [-0.15, -0.1) is 11.3 Å². The van der Waals surface area contributed by atoms with E-state index in [1.54, 1.807) is 30.9 Å². The van der Waals surface area contributed by atoms with Crippen LogP contribution in [-0.2, 0) is 38.2 Å². The zero-order chi connectivity index (χ0) is 28.0. The van der Waals surface area contributed by atoms with Gasteiger partial charge in [0, 0.05) is 25.2 Å². The minimum Gasteiger partial charge on any atom is -0.348 e. The van der Waals surface area contributed by atoms with Crippen LogP contribution in [-0.4, -0.2) is 67.8 Å². The molecule has 8 nitrogen and oxygen atoms in total. The van der Waals surface area contributed by atoms with Gasteiger partial charge in [-0.3, -0.25) is 10.1 Å². The standard InChI is InChI=1S/C23H29F3N4O4S4/c1-4-16-6-5-7-17(28-36(31)18-8-9-19(35-18)38(33,34)15(2)3)20(16)21(27)30-13-12-29(14-22(30)10-11-22)37(32)23(24,25)26/h5-9,15,27-28H,4,10-14H2,1-3H3. The number of alkyl halides is 3. The summed E-state index contributed by atoms with van der Waals surface area (Å²) in [5.74, 6) is 0.103. The van der Waals surface area contributed by atoms with E-state index in [1.165, 1.54) is 12.1 Å². The normalized spacial score (nSPS) is 19.5. The van der Waals surface area contributed by atoms with E-state index >= 15 is 0 Å². The Morgan fingerprint density at radius 3 is 2.45 bits per heavy atom. The average Bonchev–Trinajstić information content (AvgIpc) is 3.41. The zero-order valence-electron chi connectivity index (χ0n) is 21.0. The van der Waals surface area contributed by atoms with Crippen LogP contribution >= 0.6 is 11.3 Å². The molecule has 2 unspecified atom stereocenters. The third kappa shape index (κ3) is 5.58. The van der Waals surface area contributed by atoms with E-state index in [1.807, 2.05) is 13.0 Å². The van der Waals surface area contributed by atoms with E-state index < -0.39 is 48.1 Å². The van der Waals surface area contributed by atoms with Crippen molar-refractivity contribution in [3.05, 3.63) is 41.5 Å². The number of sulfone groups is 1. The van der Waals surface area contributed by atoms with Crippen molar-refractivity contribution in [2.24, 2.45) is 0 Å². The van der Waals surface area contributed by atoms with Crippen LogP contribution in [0.15, 0.2) is 38.8 Å². The Labute approximate surface area is 229 Å². The summed E-state index contributed by atoms with van der Waals surface area (Å²) in [5.41, 5.74) is -3.85. The molecule has 15 heteroatoms. The lowest BCUT2D eigenvalue weighted by Crippen LogP contribution is -2.58. The molecule has 38 heavy (non-hydrogen) atoms. The molecule has 2 N–H and O–H groups in total. The number of hydrogen-bond acceptors (Lipinski definition) is 6. The predicted octanol–water partition coefficient (Wildman–Crippen LogP) is 4.29. The van der Waals surface area contributed by atoms with Gasteiger partial charge in [0.05, 0.1) is 16.5 Å². The quantitative estimate of drug-likeness (QED) is 0.343.